The zero-order chi connectivity index (χ0) is 18.1. The van der Waals surface area contributed by atoms with Gasteiger partial charge in [-0.3, -0.25) is 10.1 Å². The third kappa shape index (κ3) is 2.91. The summed E-state index contributed by atoms with van der Waals surface area (Å²) in [5.41, 5.74) is 1.69. The van der Waals surface area contributed by atoms with Gasteiger partial charge in [-0.1, -0.05) is 35.6 Å². The van der Waals surface area contributed by atoms with Crippen molar-refractivity contribution in [3.8, 4) is 11.3 Å². The molecule has 128 valence electrons. The third-order valence-electron chi connectivity index (χ3n) is 4.15. The van der Waals surface area contributed by atoms with Crippen LogP contribution in [0.15, 0.2) is 65.1 Å². The molecule has 0 aliphatic heterocycles. The lowest BCUT2D eigenvalue weighted by Crippen LogP contribution is -2.28. The molecule has 0 bridgehead atoms. The highest BCUT2D eigenvalue weighted by molar-refractivity contribution is 7.18. The van der Waals surface area contributed by atoms with Crippen LogP contribution < -0.4 is 4.57 Å². The van der Waals surface area contributed by atoms with Gasteiger partial charge in [0.25, 0.3) is 10.7 Å². The van der Waals surface area contributed by atoms with Crippen LogP contribution in [-0.4, -0.2) is 4.92 Å². The molecular formula is C20H15N2O3S+. The minimum atomic E-state index is -0.398. The van der Waals surface area contributed by atoms with E-state index in [4.69, 9.17) is 4.42 Å². The van der Waals surface area contributed by atoms with Crippen LogP contribution in [0.1, 0.15) is 10.8 Å². The smallest absolute Gasteiger partial charge is 0.280 e. The van der Waals surface area contributed by atoms with E-state index in [1.807, 2.05) is 37.4 Å². The number of furan rings is 1. The predicted molar refractivity (Wildman–Crippen MR) is 103 cm³/mol. The number of para-hydroxylation sites is 2. The summed E-state index contributed by atoms with van der Waals surface area (Å²) in [7, 11) is 2.03. The van der Waals surface area contributed by atoms with Gasteiger partial charge in [-0.15, -0.1) is 0 Å². The summed E-state index contributed by atoms with van der Waals surface area (Å²) in [6.07, 6.45) is 3.87. The minimum absolute atomic E-state index is 0.0354. The lowest BCUT2D eigenvalue weighted by atomic mass is 10.1. The molecule has 2 heterocycles. The molecule has 0 aliphatic rings. The first-order valence-corrected chi connectivity index (χ1v) is 8.84. The number of rotatable bonds is 4. The molecule has 0 aliphatic carbocycles. The van der Waals surface area contributed by atoms with Gasteiger partial charge in [0.05, 0.1) is 10.5 Å². The lowest BCUT2D eigenvalue weighted by molar-refractivity contribution is -0.642. The van der Waals surface area contributed by atoms with E-state index in [9.17, 15) is 10.1 Å². The second-order valence-electron chi connectivity index (χ2n) is 5.78. The first-order valence-electron chi connectivity index (χ1n) is 8.03. The maximum atomic E-state index is 11.2. The van der Waals surface area contributed by atoms with Crippen molar-refractivity contribution >= 4 is 39.4 Å². The fraction of sp³-hybridized carbons (Fsp3) is 0.0500. The topological polar surface area (TPSA) is 60.2 Å². The summed E-state index contributed by atoms with van der Waals surface area (Å²) >= 11 is 1.70. The highest BCUT2D eigenvalue weighted by Gasteiger charge is 2.17. The monoisotopic (exact) mass is 363 g/mol. The van der Waals surface area contributed by atoms with E-state index < -0.39 is 4.92 Å². The Morgan fingerprint density at radius 1 is 1.04 bits per heavy atom. The largest absolute Gasteiger partial charge is 0.456 e. The van der Waals surface area contributed by atoms with Crippen molar-refractivity contribution in [2.24, 2.45) is 7.05 Å². The number of nitrogens with zero attached hydrogens (tertiary/aromatic N) is 2. The average Bonchev–Trinajstić information content (AvgIpc) is 3.25. The van der Waals surface area contributed by atoms with E-state index in [2.05, 4.69) is 16.7 Å². The Bertz CT molecular complexity index is 1140. The fourth-order valence-electron chi connectivity index (χ4n) is 2.85. The Labute approximate surface area is 153 Å². The standard InChI is InChI=1S/C20H15N2O3S/c1-21-17-8-4-5-9-19(17)26-20(21)13-11-14-10-12-18(25-14)15-6-2-3-7-16(15)22(23)24/h2-13H,1H3/q+1/b13-11+. The molecule has 6 heteroatoms. The molecular weight excluding hydrogens is 348 g/mol. The normalized spacial score (nSPS) is 11.4. The van der Waals surface area contributed by atoms with Crippen LogP contribution in [0.3, 0.4) is 0 Å². The van der Waals surface area contributed by atoms with Gasteiger partial charge in [-0.25, -0.2) is 0 Å². The average molecular weight is 363 g/mol. The van der Waals surface area contributed by atoms with E-state index in [1.54, 1.807) is 35.6 Å². The van der Waals surface area contributed by atoms with Gasteiger partial charge in [-0.05, 0) is 30.3 Å². The molecule has 2 aromatic carbocycles. The van der Waals surface area contributed by atoms with Crippen LogP contribution in [0.4, 0.5) is 5.69 Å². The second-order valence-corrected chi connectivity index (χ2v) is 6.84. The highest BCUT2D eigenvalue weighted by atomic mass is 32.1. The third-order valence-corrected chi connectivity index (χ3v) is 5.34. The van der Waals surface area contributed by atoms with Crippen molar-refractivity contribution in [3.05, 3.63) is 81.5 Å². The maximum Gasteiger partial charge on any atom is 0.280 e. The van der Waals surface area contributed by atoms with E-state index in [0.29, 0.717) is 17.1 Å². The quantitative estimate of drug-likeness (QED) is 0.289. The number of aryl methyl sites for hydroxylation is 1. The van der Waals surface area contributed by atoms with Gasteiger partial charge in [0.2, 0.25) is 5.52 Å². The van der Waals surface area contributed by atoms with E-state index >= 15 is 0 Å². The van der Waals surface area contributed by atoms with Gasteiger partial charge >= 0.3 is 0 Å². The molecule has 0 saturated heterocycles. The molecule has 5 nitrogen and oxygen atoms in total. The van der Waals surface area contributed by atoms with Gasteiger partial charge in [0.15, 0.2) is 0 Å². The number of fused-ring (bicyclic) bond motifs is 1. The number of nitro benzene ring substituents is 1. The minimum Gasteiger partial charge on any atom is -0.456 e. The fourth-order valence-corrected chi connectivity index (χ4v) is 3.90. The van der Waals surface area contributed by atoms with Crippen LogP contribution in [0.2, 0.25) is 0 Å². The maximum absolute atomic E-state index is 11.2. The Morgan fingerprint density at radius 2 is 1.81 bits per heavy atom. The van der Waals surface area contributed by atoms with Crippen molar-refractivity contribution in [2.75, 3.05) is 0 Å². The predicted octanol–water partition coefficient (Wildman–Crippen LogP) is 5.06. The summed E-state index contributed by atoms with van der Waals surface area (Å²) in [6, 6.07) is 18.4. The number of aromatic nitrogens is 1. The van der Waals surface area contributed by atoms with Gasteiger partial charge < -0.3 is 4.42 Å². The van der Waals surface area contributed by atoms with E-state index in [-0.39, 0.29) is 5.69 Å². The number of hydrogen-bond donors (Lipinski definition) is 0. The van der Waals surface area contributed by atoms with E-state index in [0.717, 1.165) is 5.01 Å². The Hall–Kier alpha value is -3.25. The zero-order valence-corrected chi connectivity index (χ0v) is 14.8. The van der Waals surface area contributed by atoms with Crippen LogP contribution in [0, 0.1) is 10.1 Å². The van der Waals surface area contributed by atoms with Crippen molar-refractivity contribution in [1.82, 2.24) is 0 Å². The summed E-state index contributed by atoms with van der Waals surface area (Å²) in [5, 5.41) is 12.3. The molecule has 0 amide bonds. The summed E-state index contributed by atoms with van der Waals surface area (Å²) in [5.74, 6) is 1.13. The number of thiazole rings is 1. The van der Waals surface area contributed by atoms with Gasteiger partial charge in [0, 0.05) is 18.2 Å². The summed E-state index contributed by atoms with van der Waals surface area (Å²) in [6.45, 7) is 0. The Morgan fingerprint density at radius 3 is 2.62 bits per heavy atom. The molecule has 0 unspecified atom stereocenters. The summed E-state index contributed by atoms with van der Waals surface area (Å²) < 4.78 is 9.15. The van der Waals surface area contributed by atoms with Crippen LogP contribution in [0.25, 0.3) is 33.7 Å². The van der Waals surface area contributed by atoms with Gasteiger partial charge in [-0.2, -0.15) is 4.57 Å². The second kappa shape index (κ2) is 6.57. The molecule has 26 heavy (non-hydrogen) atoms. The molecule has 4 aromatic rings. The van der Waals surface area contributed by atoms with Crippen molar-refractivity contribution in [3.63, 3.8) is 0 Å². The molecule has 0 radical (unpaired) electrons. The Kier molecular flexibility index (Phi) is 4.10. The van der Waals surface area contributed by atoms with Crippen LogP contribution in [0.5, 0.6) is 0 Å². The molecule has 0 atom stereocenters. The van der Waals surface area contributed by atoms with Crippen molar-refractivity contribution < 1.29 is 13.9 Å². The zero-order valence-electron chi connectivity index (χ0n) is 14.0. The molecule has 4 rings (SSSR count). The first-order chi connectivity index (χ1) is 12.6. The summed E-state index contributed by atoms with van der Waals surface area (Å²) in [4.78, 5) is 10.8. The number of nitro groups is 1. The number of benzene rings is 2. The lowest BCUT2D eigenvalue weighted by Gasteiger charge is -1.98. The van der Waals surface area contributed by atoms with Crippen LogP contribution in [-0.2, 0) is 7.05 Å². The van der Waals surface area contributed by atoms with Gasteiger partial charge in [0.1, 0.15) is 23.3 Å². The van der Waals surface area contributed by atoms with Crippen molar-refractivity contribution in [2.45, 2.75) is 0 Å². The highest BCUT2D eigenvalue weighted by Crippen LogP contribution is 2.31. The van der Waals surface area contributed by atoms with E-state index in [1.165, 1.54) is 16.3 Å². The number of hydrogen-bond acceptors (Lipinski definition) is 4. The molecule has 0 N–H and O–H groups in total. The molecule has 2 aromatic heterocycles. The van der Waals surface area contributed by atoms with Crippen molar-refractivity contribution in [1.29, 1.82) is 0 Å². The molecule has 0 spiro atoms. The SMILES string of the molecule is C[n+]1c(/C=C/c2ccc(-c3ccccc3[N+](=O)[O-])o2)sc2ccccc21. The first kappa shape index (κ1) is 16.2. The molecule has 0 saturated carbocycles. The Balaban J connectivity index is 1.66. The van der Waals surface area contributed by atoms with Crippen LogP contribution >= 0.6 is 11.3 Å². The molecule has 0 fully saturated rings.